The van der Waals surface area contributed by atoms with Crippen LogP contribution in [-0.4, -0.2) is 37.5 Å². The van der Waals surface area contributed by atoms with Gasteiger partial charge in [-0.15, -0.1) is 0 Å². The van der Waals surface area contributed by atoms with Crippen molar-refractivity contribution in [2.45, 2.75) is 6.10 Å². The summed E-state index contributed by atoms with van der Waals surface area (Å²) in [5, 5.41) is 0.589. The maximum absolute atomic E-state index is 14.2. The van der Waals surface area contributed by atoms with Gasteiger partial charge in [0.25, 0.3) is 0 Å². The number of ether oxygens (including phenoxy) is 5. The van der Waals surface area contributed by atoms with Crippen molar-refractivity contribution in [3.8, 4) is 28.7 Å². The third-order valence-corrected chi connectivity index (χ3v) is 4.52. The molecule has 8 heteroatoms. The molecule has 2 aromatic carbocycles. The maximum Gasteiger partial charge on any atom is 0.204 e. The molecule has 0 amide bonds. The number of nitrogens with zero attached hydrogens (tertiary/aromatic N) is 1. The average molecular weight is 384 g/mol. The third-order valence-electron chi connectivity index (χ3n) is 4.52. The predicted molar refractivity (Wildman–Crippen MR) is 98.9 cm³/mol. The lowest BCUT2D eigenvalue weighted by Gasteiger charge is -2.29. The van der Waals surface area contributed by atoms with Crippen LogP contribution in [0.1, 0.15) is 0 Å². The smallest absolute Gasteiger partial charge is 0.204 e. The van der Waals surface area contributed by atoms with E-state index in [1.807, 2.05) is 0 Å². The Morgan fingerprint density at radius 1 is 1.00 bits per heavy atom. The van der Waals surface area contributed by atoms with Crippen LogP contribution in [-0.2, 0) is 4.74 Å². The Kier molecular flexibility index (Phi) is 4.05. The monoisotopic (exact) mass is 384 g/mol. The molecule has 2 aliphatic heterocycles. The van der Waals surface area contributed by atoms with Crippen LogP contribution in [0.5, 0.6) is 28.7 Å². The summed E-state index contributed by atoms with van der Waals surface area (Å²) in [4.78, 5) is 4.40. The number of pyridine rings is 1. The van der Waals surface area contributed by atoms with Crippen LogP contribution in [0.15, 0.2) is 36.5 Å². The van der Waals surface area contributed by atoms with E-state index in [-0.39, 0.29) is 11.9 Å². The fourth-order valence-corrected chi connectivity index (χ4v) is 3.13. The Morgan fingerprint density at radius 2 is 1.82 bits per heavy atom. The molecule has 0 spiro atoms. The lowest BCUT2D eigenvalue weighted by Crippen LogP contribution is -2.38. The zero-order valence-corrected chi connectivity index (χ0v) is 14.8. The van der Waals surface area contributed by atoms with Gasteiger partial charge in [-0.3, -0.25) is 4.98 Å². The molecule has 1 saturated heterocycles. The zero-order valence-electron chi connectivity index (χ0n) is 14.8. The largest absolute Gasteiger partial charge is 0.485 e. The highest BCUT2D eigenvalue weighted by molar-refractivity contribution is 5.95. The Balaban J connectivity index is 1.62. The van der Waals surface area contributed by atoms with E-state index in [1.54, 1.807) is 24.4 Å². The van der Waals surface area contributed by atoms with E-state index in [0.717, 1.165) is 0 Å². The standard InChI is InChI=1S/C20H17FN2O5/c21-13-7-11(22)1-2-15(13)28-16-3-4-23-14-8-17(27-12-9-24-10-12)19-20(18(14)16)26-6-5-25-19/h1-4,7-8,12H,5-6,9-10,22H2. The van der Waals surface area contributed by atoms with Gasteiger partial charge in [0.15, 0.2) is 23.1 Å². The number of nitrogen functional groups attached to an aromatic ring is 1. The number of fused-ring (bicyclic) bond motifs is 3. The number of hydrogen-bond acceptors (Lipinski definition) is 7. The van der Waals surface area contributed by atoms with E-state index >= 15 is 0 Å². The normalized spacial score (nSPS) is 15.9. The van der Waals surface area contributed by atoms with Crippen molar-refractivity contribution in [3.05, 3.63) is 42.3 Å². The molecular weight excluding hydrogens is 367 g/mol. The van der Waals surface area contributed by atoms with E-state index in [2.05, 4.69) is 4.98 Å². The second kappa shape index (κ2) is 6.72. The van der Waals surface area contributed by atoms with Crippen molar-refractivity contribution in [1.29, 1.82) is 0 Å². The highest BCUT2D eigenvalue weighted by Crippen LogP contribution is 2.49. The lowest BCUT2D eigenvalue weighted by molar-refractivity contribution is -0.0807. The Labute approximate surface area is 159 Å². The summed E-state index contributed by atoms with van der Waals surface area (Å²) in [6.07, 6.45) is 1.55. The molecule has 2 N–H and O–H groups in total. The predicted octanol–water partition coefficient (Wildman–Crippen LogP) is 3.30. The van der Waals surface area contributed by atoms with Crippen molar-refractivity contribution in [1.82, 2.24) is 4.98 Å². The van der Waals surface area contributed by atoms with E-state index in [1.165, 1.54) is 12.1 Å². The first-order valence-electron chi connectivity index (χ1n) is 8.87. The maximum atomic E-state index is 14.2. The molecule has 0 unspecified atom stereocenters. The van der Waals surface area contributed by atoms with E-state index in [0.29, 0.717) is 66.0 Å². The number of anilines is 1. The molecule has 0 saturated carbocycles. The highest BCUT2D eigenvalue weighted by Gasteiger charge is 2.28. The quantitative estimate of drug-likeness (QED) is 0.691. The number of aromatic nitrogens is 1. The topological polar surface area (TPSA) is 85.1 Å². The second-order valence-corrected chi connectivity index (χ2v) is 6.50. The molecular formula is C20H17FN2O5. The van der Waals surface area contributed by atoms with Crippen molar-refractivity contribution in [3.63, 3.8) is 0 Å². The fourth-order valence-electron chi connectivity index (χ4n) is 3.13. The van der Waals surface area contributed by atoms with Crippen LogP contribution in [0.25, 0.3) is 10.9 Å². The minimum atomic E-state index is -0.555. The van der Waals surface area contributed by atoms with Gasteiger partial charge in [0.1, 0.15) is 25.1 Å². The Morgan fingerprint density at radius 3 is 2.57 bits per heavy atom. The lowest BCUT2D eigenvalue weighted by atomic mass is 10.1. The molecule has 5 rings (SSSR count). The molecule has 2 aliphatic rings. The molecule has 28 heavy (non-hydrogen) atoms. The molecule has 7 nitrogen and oxygen atoms in total. The number of nitrogens with two attached hydrogens (primary N) is 1. The summed E-state index contributed by atoms with van der Waals surface area (Å²) in [5.41, 5.74) is 6.52. The van der Waals surface area contributed by atoms with Crippen LogP contribution >= 0.6 is 0 Å². The van der Waals surface area contributed by atoms with E-state index in [4.69, 9.17) is 29.4 Å². The van der Waals surface area contributed by atoms with Crippen molar-refractivity contribution < 1.29 is 28.1 Å². The summed E-state index contributed by atoms with van der Waals surface area (Å²) >= 11 is 0. The molecule has 0 aliphatic carbocycles. The van der Waals surface area contributed by atoms with Gasteiger partial charge in [-0.25, -0.2) is 4.39 Å². The number of rotatable bonds is 4. The molecule has 1 fully saturated rings. The van der Waals surface area contributed by atoms with Gasteiger partial charge >= 0.3 is 0 Å². The van der Waals surface area contributed by atoms with Gasteiger partial charge in [-0.05, 0) is 18.2 Å². The van der Waals surface area contributed by atoms with Gasteiger partial charge in [-0.2, -0.15) is 0 Å². The first-order valence-corrected chi connectivity index (χ1v) is 8.87. The molecule has 0 radical (unpaired) electrons. The van der Waals surface area contributed by atoms with Gasteiger partial charge < -0.3 is 29.4 Å². The number of benzene rings is 2. The van der Waals surface area contributed by atoms with Gasteiger partial charge in [0.05, 0.1) is 24.1 Å². The minimum absolute atomic E-state index is 0.0321. The van der Waals surface area contributed by atoms with Crippen LogP contribution < -0.4 is 24.7 Å². The average Bonchev–Trinajstić information content (AvgIpc) is 2.67. The summed E-state index contributed by atoms with van der Waals surface area (Å²) < 4.78 is 42.9. The van der Waals surface area contributed by atoms with Gasteiger partial charge in [0.2, 0.25) is 5.75 Å². The summed E-state index contributed by atoms with van der Waals surface area (Å²) in [6, 6.07) is 7.68. The highest BCUT2D eigenvalue weighted by atomic mass is 19.1. The van der Waals surface area contributed by atoms with Crippen LogP contribution in [0.3, 0.4) is 0 Å². The first kappa shape index (κ1) is 16.9. The second-order valence-electron chi connectivity index (χ2n) is 6.50. The van der Waals surface area contributed by atoms with Gasteiger partial charge in [0, 0.05) is 24.0 Å². The van der Waals surface area contributed by atoms with Crippen LogP contribution in [0.4, 0.5) is 10.1 Å². The molecule has 3 aromatic rings. The van der Waals surface area contributed by atoms with Crippen LogP contribution in [0.2, 0.25) is 0 Å². The van der Waals surface area contributed by atoms with Crippen molar-refractivity contribution in [2.75, 3.05) is 32.2 Å². The molecule has 144 valence electrons. The molecule has 3 heterocycles. The minimum Gasteiger partial charge on any atom is -0.485 e. The molecule has 0 atom stereocenters. The third kappa shape index (κ3) is 2.91. The Hall–Kier alpha value is -3.26. The zero-order chi connectivity index (χ0) is 19.1. The van der Waals surface area contributed by atoms with E-state index in [9.17, 15) is 4.39 Å². The van der Waals surface area contributed by atoms with Crippen molar-refractivity contribution >= 4 is 16.6 Å². The summed E-state index contributed by atoms with van der Waals surface area (Å²) in [6.45, 7) is 1.84. The fraction of sp³-hybridized carbons (Fsp3) is 0.250. The first-order chi connectivity index (χ1) is 13.7. The number of halogens is 1. The summed E-state index contributed by atoms with van der Waals surface area (Å²) in [7, 11) is 0. The number of hydrogen-bond donors (Lipinski definition) is 1. The Bertz CT molecular complexity index is 1050. The SMILES string of the molecule is Nc1ccc(Oc2ccnc3cc(OC4COC4)c4c(c23)OCCO4)c(F)c1. The molecule has 0 bridgehead atoms. The van der Waals surface area contributed by atoms with Crippen molar-refractivity contribution in [2.24, 2.45) is 0 Å². The van der Waals surface area contributed by atoms with Crippen LogP contribution in [0, 0.1) is 5.82 Å². The molecule has 1 aromatic heterocycles. The summed E-state index contributed by atoms with van der Waals surface area (Å²) in [5.74, 6) is 1.40. The van der Waals surface area contributed by atoms with Gasteiger partial charge in [-0.1, -0.05) is 0 Å². The van der Waals surface area contributed by atoms with E-state index < -0.39 is 5.82 Å².